The molecule has 18 heavy (non-hydrogen) atoms. The Balaban J connectivity index is 2.54. The summed E-state index contributed by atoms with van der Waals surface area (Å²) < 4.78 is 5.37. The predicted octanol–water partition coefficient (Wildman–Crippen LogP) is 3.26. The zero-order chi connectivity index (χ0) is 13.3. The molecule has 1 aromatic heterocycles. The third kappa shape index (κ3) is 2.16. The van der Waals surface area contributed by atoms with E-state index in [0.717, 1.165) is 39.5 Å². The molecule has 0 saturated carbocycles. The zero-order valence-corrected chi connectivity index (χ0v) is 11.2. The van der Waals surface area contributed by atoms with Gasteiger partial charge in [0.1, 0.15) is 5.75 Å². The van der Waals surface area contributed by atoms with E-state index >= 15 is 0 Å². The molecule has 0 spiro atoms. The van der Waals surface area contributed by atoms with E-state index in [2.05, 4.69) is 17.1 Å². The van der Waals surface area contributed by atoms with Crippen molar-refractivity contribution in [1.29, 1.82) is 0 Å². The average molecular weight is 242 g/mol. The van der Waals surface area contributed by atoms with Gasteiger partial charge in [0.25, 0.3) is 0 Å². The molecule has 0 fully saturated rings. The summed E-state index contributed by atoms with van der Waals surface area (Å²) in [7, 11) is 1.70. The summed E-state index contributed by atoms with van der Waals surface area (Å²) in [6.45, 7) is 6.00. The van der Waals surface area contributed by atoms with Crippen molar-refractivity contribution >= 4 is 5.69 Å². The molecule has 94 valence electrons. The number of anilines is 1. The molecule has 0 atom stereocenters. The fraction of sp³-hybridized carbons (Fsp3) is 0.267. The van der Waals surface area contributed by atoms with Crippen LogP contribution in [0, 0.1) is 20.8 Å². The second-order valence-corrected chi connectivity index (χ2v) is 4.51. The van der Waals surface area contributed by atoms with Crippen molar-refractivity contribution < 1.29 is 4.74 Å². The summed E-state index contributed by atoms with van der Waals surface area (Å²) in [5, 5.41) is 0. The molecule has 0 amide bonds. The first kappa shape index (κ1) is 12.4. The van der Waals surface area contributed by atoms with Gasteiger partial charge in [-0.2, -0.15) is 0 Å². The zero-order valence-electron chi connectivity index (χ0n) is 11.2. The van der Waals surface area contributed by atoms with Crippen LogP contribution in [0.2, 0.25) is 0 Å². The maximum Gasteiger partial charge on any atom is 0.124 e. The van der Waals surface area contributed by atoms with Gasteiger partial charge in [-0.1, -0.05) is 0 Å². The molecule has 1 aromatic carbocycles. The molecule has 3 nitrogen and oxygen atoms in total. The highest BCUT2D eigenvalue weighted by molar-refractivity contribution is 5.66. The van der Waals surface area contributed by atoms with Crippen LogP contribution in [-0.2, 0) is 0 Å². The number of aryl methyl sites for hydroxylation is 3. The summed E-state index contributed by atoms with van der Waals surface area (Å²) in [5.74, 6) is 0.936. The Kier molecular flexibility index (Phi) is 3.24. The lowest BCUT2D eigenvalue weighted by Gasteiger charge is -2.11. The fourth-order valence-electron chi connectivity index (χ4n) is 2.15. The number of hydrogen-bond donors (Lipinski definition) is 1. The maximum atomic E-state index is 5.79. The Morgan fingerprint density at radius 2 is 1.67 bits per heavy atom. The first-order valence-electron chi connectivity index (χ1n) is 5.91. The van der Waals surface area contributed by atoms with Gasteiger partial charge in [-0.05, 0) is 56.2 Å². The van der Waals surface area contributed by atoms with E-state index in [0.29, 0.717) is 0 Å². The molecule has 0 unspecified atom stereocenters. The van der Waals surface area contributed by atoms with E-state index in [1.54, 1.807) is 7.11 Å². The number of aromatic nitrogens is 1. The Hall–Kier alpha value is -2.03. The normalized spacial score (nSPS) is 10.4. The van der Waals surface area contributed by atoms with Crippen LogP contribution in [0.25, 0.3) is 11.3 Å². The van der Waals surface area contributed by atoms with Crippen molar-refractivity contribution in [2.75, 3.05) is 12.8 Å². The van der Waals surface area contributed by atoms with Crippen LogP contribution in [0.15, 0.2) is 24.3 Å². The SMILES string of the molecule is COc1c(C)cc(-c2ccc(N)c(C)n2)cc1C. The molecule has 1 heterocycles. The van der Waals surface area contributed by atoms with Gasteiger partial charge >= 0.3 is 0 Å². The van der Waals surface area contributed by atoms with E-state index in [4.69, 9.17) is 10.5 Å². The van der Waals surface area contributed by atoms with Gasteiger partial charge in [0, 0.05) is 5.56 Å². The lowest BCUT2D eigenvalue weighted by atomic mass is 10.0. The molecule has 3 heteroatoms. The number of rotatable bonds is 2. The maximum absolute atomic E-state index is 5.79. The number of ether oxygens (including phenoxy) is 1. The second-order valence-electron chi connectivity index (χ2n) is 4.51. The van der Waals surface area contributed by atoms with Crippen LogP contribution < -0.4 is 10.5 Å². The minimum absolute atomic E-state index is 0.723. The number of methoxy groups -OCH3 is 1. The molecule has 0 saturated heterocycles. The van der Waals surface area contributed by atoms with Gasteiger partial charge in [-0.25, -0.2) is 0 Å². The topological polar surface area (TPSA) is 48.1 Å². The van der Waals surface area contributed by atoms with Crippen molar-refractivity contribution in [2.24, 2.45) is 0 Å². The number of hydrogen-bond acceptors (Lipinski definition) is 3. The van der Waals surface area contributed by atoms with Gasteiger partial charge < -0.3 is 10.5 Å². The minimum atomic E-state index is 0.723. The van der Waals surface area contributed by atoms with E-state index in [1.807, 2.05) is 32.9 Å². The van der Waals surface area contributed by atoms with Crippen LogP contribution in [0.3, 0.4) is 0 Å². The monoisotopic (exact) mass is 242 g/mol. The molecule has 0 aliphatic carbocycles. The van der Waals surface area contributed by atoms with Crippen LogP contribution in [0.4, 0.5) is 5.69 Å². The Morgan fingerprint density at radius 1 is 1.06 bits per heavy atom. The Bertz CT molecular complexity index is 568. The summed E-state index contributed by atoms with van der Waals surface area (Å²) in [5.41, 5.74) is 11.6. The van der Waals surface area contributed by atoms with Gasteiger partial charge in [0.05, 0.1) is 24.2 Å². The molecule has 2 aromatic rings. The number of benzene rings is 1. The van der Waals surface area contributed by atoms with E-state index < -0.39 is 0 Å². The smallest absolute Gasteiger partial charge is 0.124 e. The van der Waals surface area contributed by atoms with Gasteiger partial charge in [-0.3, -0.25) is 4.98 Å². The summed E-state index contributed by atoms with van der Waals surface area (Å²) in [4.78, 5) is 4.51. The first-order chi connectivity index (χ1) is 8.52. The van der Waals surface area contributed by atoms with Crippen molar-refractivity contribution in [1.82, 2.24) is 4.98 Å². The number of nitrogen functional groups attached to an aromatic ring is 1. The predicted molar refractivity (Wildman–Crippen MR) is 74.8 cm³/mol. The quantitative estimate of drug-likeness (QED) is 0.879. The largest absolute Gasteiger partial charge is 0.496 e. The average Bonchev–Trinajstić information content (AvgIpc) is 2.32. The Morgan fingerprint density at radius 3 is 2.17 bits per heavy atom. The van der Waals surface area contributed by atoms with Gasteiger partial charge in [0.2, 0.25) is 0 Å². The van der Waals surface area contributed by atoms with E-state index in [1.165, 1.54) is 0 Å². The summed E-state index contributed by atoms with van der Waals surface area (Å²) in [6.07, 6.45) is 0. The van der Waals surface area contributed by atoms with Crippen molar-refractivity contribution in [3.05, 3.63) is 41.1 Å². The first-order valence-corrected chi connectivity index (χ1v) is 5.91. The standard InChI is InChI=1S/C15H18N2O/c1-9-7-12(8-10(2)15(9)18-4)14-6-5-13(16)11(3)17-14/h5-8H,16H2,1-4H3. The Labute approximate surface area is 108 Å². The van der Waals surface area contributed by atoms with Gasteiger partial charge in [0.15, 0.2) is 0 Å². The van der Waals surface area contributed by atoms with Crippen molar-refractivity contribution in [2.45, 2.75) is 20.8 Å². The molecular weight excluding hydrogens is 224 g/mol. The number of nitrogens with two attached hydrogens (primary N) is 1. The molecule has 0 bridgehead atoms. The van der Waals surface area contributed by atoms with Crippen LogP contribution >= 0.6 is 0 Å². The molecule has 0 aliphatic heterocycles. The minimum Gasteiger partial charge on any atom is -0.496 e. The van der Waals surface area contributed by atoms with Crippen LogP contribution in [0.1, 0.15) is 16.8 Å². The molecule has 0 aliphatic rings. The summed E-state index contributed by atoms with van der Waals surface area (Å²) >= 11 is 0. The fourth-order valence-corrected chi connectivity index (χ4v) is 2.15. The summed E-state index contributed by atoms with van der Waals surface area (Å²) in [6, 6.07) is 8.02. The molecule has 0 radical (unpaired) electrons. The molecular formula is C15H18N2O. The highest BCUT2D eigenvalue weighted by atomic mass is 16.5. The number of pyridine rings is 1. The molecule has 2 rings (SSSR count). The van der Waals surface area contributed by atoms with Crippen LogP contribution in [0.5, 0.6) is 5.75 Å². The lowest BCUT2D eigenvalue weighted by molar-refractivity contribution is 0.408. The van der Waals surface area contributed by atoms with Crippen molar-refractivity contribution in [3.8, 4) is 17.0 Å². The lowest BCUT2D eigenvalue weighted by Crippen LogP contribution is -1.96. The highest BCUT2D eigenvalue weighted by Crippen LogP contribution is 2.29. The van der Waals surface area contributed by atoms with E-state index in [9.17, 15) is 0 Å². The van der Waals surface area contributed by atoms with Gasteiger partial charge in [-0.15, -0.1) is 0 Å². The third-order valence-electron chi connectivity index (χ3n) is 3.09. The molecule has 2 N–H and O–H groups in total. The highest BCUT2D eigenvalue weighted by Gasteiger charge is 2.08. The van der Waals surface area contributed by atoms with E-state index in [-0.39, 0.29) is 0 Å². The number of nitrogens with zero attached hydrogens (tertiary/aromatic N) is 1. The van der Waals surface area contributed by atoms with Crippen LogP contribution in [-0.4, -0.2) is 12.1 Å². The van der Waals surface area contributed by atoms with Crippen molar-refractivity contribution in [3.63, 3.8) is 0 Å². The second kappa shape index (κ2) is 4.69. The third-order valence-corrected chi connectivity index (χ3v) is 3.09.